The van der Waals surface area contributed by atoms with Crippen molar-refractivity contribution in [3.63, 3.8) is 0 Å². The van der Waals surface area contributed by atoms with E-state index in [2.05, 4.69) is 5.32 Å². The highest BCUT2D eigenvalue weighted by Gasteiger charge is 2.03. The van der Waals surface area contributed by atoms with Gasteiger partial charge in [-0.3, -0.25) is 4.79 Å². The normalized spacial score (nSPS) is 11.9. The lowest BCUT2D eigenvalue weighted by Gasteiger charge is -2.08. The molecule has 0 aliphatic heterocycles. The summed E-state index contributed by atoms with van der Waals surface area (Å²) in [7, 11) is 0. The molecule has 0 fully saturated rings. The van der Waals surface area contributed by atoms with Gasteiger partial charge in [-0.1, -0.05) is 18.2 Å². The average Bonchev–Trinajstić information content (AvgIpc) is 2.37. The second kappa shape index (κ2) is 8.53. The van der Waals surface area contributed by atoms with E-state index in [-0.39, 0.29) is 5.91 Å². The van der Waals surface area contributed by atoms with Crippen LogP contribution in [0.3, 0.4) is 0 Å². The maximum Gasteiger partial charge on any atom is 0.220 e. The van der Waals surface area contributed by atoms with Gasteiger partial charge in [-0.15, -0.1) is 0 Å². The van der Waals surface area contributed by atoms with Gasteiger partial charge in [0.1, 0.15) is 5.75 Å². The summed E-state index contributed by atoms with van der Waals surface area (Å²) in [5.74, 6) is 0.827. The van der Waals surface area contributed by atoms with E-state index < -0.39 is 6.10 Å². The third kappa shape index (κ3) is 6.91. The molecule has 18 heavy (non-hydrogen) atoms. The van der Waals surface area contributed by atoms with Gasteiger partial charge in [0.05, 0.1) is 12.7 Å². The SMILES string of the molecule is CC(O)CCC(=O)NCCCOc1ccccc1. The molecular formula is C14H21NO3. The first-order valence-corrected chi connectivity index (χ1v) is 6.31. The quantitative estimate of drug-likeness (QED) is 0.692. The van der Waals surface area contributed by atoms with Crippen molar-refractivity contribution in [2.24, 2.45) is 0 Å². The lowest BCUT2D eigenvalue weighted by molar-refractivity contribution is -0.121. The van der Waals surface area contributed by atoms with Crippen molar-refractivity contribution in [1.82, 2.24) is 5.32 Å². The number of para-hydroxylation sites is 1. The number of rotatable bonds is 8. The predicted molar refractivity (Wildman–Crippen MR) is 70.5 cm³/mol. The molecule has 1 atom stereocenters. The van der Waals surface area contributed by atoms with Crippen LogP contribution in [0.25, 0.3) is 0 Å². The van der Waals surface area contributed by atoms with Crippen LogP contribution < -0.4 is 10.1 Å². The van der Waals surface area contributed by atoms with Gasteiger partial charge in [0.15, 0.2) is 0 Å². The minimum Gasteiger partial charge on any atom is -0.494 e. The molecule has 0 heterocycles. The third-order valence-corrected chi connectivity index (χ3v) is 2.44. The summed E-state index contributed by atoms with van der Waals surface area (Å²) in [5, 5.41) is 11.8. The molecule has 0 radical (unpaired) electrons. The van der Waals surface area contributed by atoms with Crippen molar-refractivity contribution in [3.05, 3.63) is 30.3 Å². The minimum atomic E-state index is -0.419. The van der Waals surface area contributed by atoms with Gasteiger partial charge in [0.2, 0.25) is 5.91 Å². The standard InChI is InChI=1S/C14H21NO3/c1-12(16)8-9-14(17)15-10-5-11-18-13-6-3-2-4-7-13/h2-4,6-7,12,16H,5,8-11H2,1H3,(H,15,17). The van der Waals surface area contributed by atoms with Crippen LogP contribution in [-0.2, 0) is 4.79 Å². The fourth-order valence-corrected chi connectivity index (χ4v) is 1.44. The van der Waals surface area contributed by atoms with E-state index >= 15 is 0 Å². The fourth-order valence-electron chi connectivity index (χ4n) is 1.44. The molecule has 0 bridgehead atoms. The third-order valence-electron chi connectivity index (χ3n) is 2.44. The van der Waals surface area contributed by atoms with Gasteiger partial charge in [-0.05, 0) is 31.9 Å². The average molecular weight is 251 g/mol. The number of benzene rings is 1. The zero-order chi connectivity index (χ0) is 13.2. The molecule has 1 rings (SSSR count). The van der Waals surface area contributed by atoms with Crippen LogP contribution in [0.15, 0.2) is 30.3 Å². The Bertz CT molecular complexity index is 338. The number of hydrogen-bond donors (Lipinski definition) is 2. The van der Waals surface area contributed by atoms with Crippen LogP contribution in [0.2, 0.25) is 0 Å². The number of amides is 1. The lowest BCUT2D eigenvalue weighted by Crippen LogP contribution is -2.26. The number of carbonyl (C=O) groups is 1. The molecule has 0 aliphatic carbocycles. The number of nitrogens with one attached hydrogen (secondary N) is 1. The largest absolute Gasteiger partial charge is 0.494 e. The summed E-state index contributed by atoms with van der Waals surface area (Å²) < 4.78 is 5.49. The molecule has 0 aliphatic rings. The molecule has 0 saturated heterocycles. The number of carbonyl (C=O) groups excluding carboxylic acids is 1. The van der Waals surface area contributed by atoms with Crippen molar-refractivity contribution in [2.45, 2.75) is 32.3 Å². The Balaban J connectivity index is 2.00. The number of aliphatic hydroxyl groups excluding tert-OH is 1. The van der Waals surface area contributed by atoms with Crippen molar-refractivity contribution < 1.29 is 14.6 Å². The maximum atomic E-state index is 11.3. The Morgan fingerprint density at radius 2 is 2.11 bits per heavy atom. The van der Waals surface area contributed by atoms with Gasteiger partial charge in [0, 0.05) is 13.0 Å². The summed E-state index contributed by atoms with van der Waals surface area (Å²) >= 11 is 0. The number of ether oxygens (including phenoxy) is 1. The molecule has 4 heteroatoms. The molecule has 1 aromatic rings. The van der Waals surface area contributed by atoms with E-state index in [9.17, 15) is 4.79 Å². The molecule has 0 aromatic heterocycles. The second-order valence-electron chi connectivity index (χ2n) is 4.25. The maximum absolute atomic E-state index is 11.3. The van der Waals surface area contributed by atoms with Gasteiger partial charge in [-0.2, -0.15) is 0 Å². The molecule has 1 unspecified atom stereocenters. The van der Waals surface area contributed by atoms with Crippen LogP contribution >= 0.6 is 0 Å². The zero-order valence-electron chi connectivity index (χ0n) is 10.8. The summed E-state index contributed by atoms with van der Waals surface area (Å²) in [6, 6.07) is 9.60. The monoisotopic (exact) mass is 251 g/mol. The molecule has 1 amide bonds. The Morgan fingerprint density at radius 1 is 1.39 bits per heavy atom. The molecule has 4 nitrogen and oxygen atoms in total. The molecule has 100 valence electrons. The van der Waals surface area contributed by atoms with Gasteiger partial charge < -0.3 is 15.2 Å². The molecule has 0 saturated carbocycles. The Morgan fingerprint density at radius 3 is 2.78 bits per heavy atom. The fraction of sp³-hybridized carbons (Fsp3) is 0.500. The van der Waals surface area contributed by atoms with Crippen molar-refractivity contribution in [3.8, 4) is 5.75 Å². The highest BCUT2D eigenvalue weighted by atomic mass is 16.5. The number of aliphatic hydroxyl groups is 1. The summed E-state index contributed by atoms with van der Waals surface area (Å²) in [5.41, 5.74) is 0. The minimum absolute atomic E-state index is 0.0180. The topological polar surface area (TPSA) is 58.6 Å². The van der Waals surface area contributed by atoms with Crippen molar-refractivity contribution in [1.29, 1.82) is 0 Å². The molecule has 0 spiro atoms. The van der Waals surface area contributed by atoms with E-state index in [4.69, 9.17) is 9.84 Å². The van der Waals surface area contributed by atoms with E-state index in [1.807, 2.05) is 30.3 Å². The predicted octanol–water partition coefficient (Wildman–Crippen LogP) is 1.73. The van der Waals surface area contributed by atoms with Crippen LogP contribution in [-0.4, -0.2) is 30.3 Å². The zero-order valence-corrected chi connectivity index (χ0v) is 10.8. The van der Waals surface area contributed by atoms with E-state index in [0.717, 1.165) is 12.2 Å². The highest BCUT2D eigenvalue weighted by Crippen LogP contribution is 2.08. The molecule has 1 aromatic carbocycles. The van der Waals surface area contributed by atoms with Crippen LogP contribution in [0.1, 0.15) is 26.2 Å². The van der Waals surface area contributed by atoms with Crippen LogP contribution in [0.5, 0.6) is 5.75 Å². The van der Waals surface area contributed by atoms with Gasteiger partial charge in [0.25, 0.3) is 0 Å². The molecule has 2 N–H and O–H groups in total. The Kier molecular flexibility index (Phi) is 6.87. The smallest absolute Gasteiger partial charge is 0.220 e. The van der Waals surface area contributed by atoms with Crippen molar-refractivity contribution >= 4 is 5.91 Å². The first kappa shape index (κ1) is 14.5. The second-order valence-corrected chi connectivity index (χ2v) is 4.25. The summed E-state index contributed by atoms with van der Waals surface area (Å²) in [6.45, 7) is 2.87. The first-order valence-electron chi connectivity index (χ1n) is 6.31. The number of hydrogen-bond acceptors (Lipinski definition) is 3. The highest BCUT2D eigenvalue weighted by molar-refractivity contribution is 5.75. The first-order chi connectivity index (χ1) is 8.68. The van der Waals surface area contributed by atoms with Gasteiger partial charge in [-0.25, -0.2) is 0 Å². The van der Waals surface area contributed by atoms with E-state index in [1.165, 1.54) is 0 Å². The van der Waals surface area contributed by atoms with Gasteiger partial charge >= 0.3 is 0 Å². The lowest BCUT2D eigenvalue weighted by atomic mass is 10.2. The van der Waals surface area contributed by atoms with Crippen LogP contribution in [0, 0.1) is 0 Å². The van der Waals surface area contributed by atoms with E-state index in [0.29, 0.717) is 26.0 Å². The Labute approximate surface area is 108 Å². The Hall–Kier alpha value is -1.55. The summed E-state index contributed by atoms with van der Waals surface area (Å²) in [6.07, 6.45) is 1.23. The van der Waals surface area contributed by atoms with E-state index in [1.54, 1.807) is 6.92 Å². The van der Waals surface area contributed by atoms with Crippen LogP contribution in [0.4, 0.5) is 0 Å². The summed E-state index contributed by atoms with van der Waals surface area (Å²) in [4.78, 5) is 11.3. The molecular weight excluding hydrogens is 230 g/mol. The van der Waals surface area contributed by atoms with Crippen molar-refractivity contribution in [2.75, 3.05) is 13.2 Å².